The number of nitrogens with zero attached hydrogens (tertiary/aromatic N) is 1. The first-order chi connectivity index (χ1) is 10.0. The topological polar surface area (TPSA) is 65.4 Å². The molecule has 0 radical (unpaired) electrons. The summed E-state index contributed by atoms with van der Waals surface area (Å²) in [5.74, 6) is 0.175. The monoisotopic (exact) mass is 300 g/mol. The zero-order valence-electron chi connectivity index (χ0n) is 11.8. The predicted octanol–water partition coefficient (Wildman–Crippen LogP) is 4.19. The van der Waals surface area contributed by atoms with Crippen molar-refractivity contribution in [2.45, 2.75) is 19.9 Å². The Morgan fingerprint density at radius 3 is 2.57 bits per heavy atom. The van der Waals surface area contributed by atoms with Crippen LogP contribution in [-0.4, -0.2) is 15.2 Å². The summed E-state index contributed by atoms with van der Waals surface area (Å²) in [4.78, 5) is 4.43. The number of benzene rings is 2. The van der Waals surface area contributed by atoms with Crippen molar-refractivity contribution in [3.8, 4) is 11.5 Å². The van der Waals surface area contributed by atoms with E-state index in [0.717, 1.165) is 20.9 Å². The highest BCUT2D eigenvalue weighted by Crippen LogP contribution is 2.34. The number of nitrogens with one attached hydrogen (secondary N) is 1. The van der Waals surface area contributed by atoms with E-state index in [9.17, 15) is 10.2 Å². The summed E-state index contributed by atoms with van der Waals surface area (Å²) in [5.41, 5.74) is 2.42. The quantitative estimate of drug-likeness (QED) is 0.678. The smallest absolute Gasteiger partial charge is 0.124 e. The van der Waals surface area contributed by atoms with Crippen molar-refractivity contribution in [3.63, 3.8) is 0 Å². The number of hydrogen-bond donors (Lipinski definition) is 3. The molecule has 1 aromatic heterocycles. The molecule has 0 amide bonds. The minimum Gasteiger partial charge on any atom is -0.507 e. The zero-order valence-corrected chi connectivity index (χ0v) is 12.6. The molecule has 0 saturated carbocycles. The average Bonchev–Trinajstić information content (AvgIpc) is 2.77. The molecule has 0 saturated heterocycles. The van der Waals surface area contributed by atoms with Gasteiger partial charge in [0.2, 0.25) is 0 Å². The Labute approximate surface area is 126 Å². The average molecular weight is 300 g/mol. The molecule has 2 aromatic carbocycles. The van der Waals surface area contributed by atoms with Gasteiger partial charge in [0.1, 0.15) is 11.5 Å². The fraction of sp³-hybridized carbons (Fsp3) is 0.188. The van der Waals surface area contributed by atoms with Gasteiger partial charge in [-0.05, 0) is 44.2 Å². The molecule has 3 aromatic rings. The van der Waals surface area contributed by atoms with Crippen LogP contribution in [-0.2, 0) is 0 Å². The van der Waals surface area contributed by atoms with Gasteiger partial charge in [-0.2, -0.15) is 0 Å². The normalized spacial score (nSPS) is 12.5. The summed E-state index contributed by atoms with van der Waals surface area (Å²) in [7, 11) is 0. The molecule has 1 atom stereocenters. The minimum absolute atomic E-state index is 0.0877. The number of thiazole rings is 1. The summed E-state index contributed by atoms with van der Waals surface area (Å²) in [5, 5.41) is 24.1. The molecular weight excluding hydrogens is 284 g/mol. The molecule has 0 aliphatic rings. The molecule has 5 heteroatoms. The highest BCUT2D eigenvalue weighted by Gasteiger charge is 2.15. The largest absolute Gasteiger partial charge is 0.507 e. The fourth-order valence-corrected chi connectivity index (χ4v) is 3.30. The molecular formula is C16H16N2O2S. The predicted molar refractivity (Wildman–Crippen MR) is 86.2 cm³/mol. The van der Waals surface area contributed by atoms with E-state index in [-0.39, 0.29) is 17.5 Å². The molecule has 4 nitrogen and oxygen atoms in total. The van der Waals surface area contributed by atoms with Gasteiger partial charge < -0.3 is 15.5 Å². The molecule has 3 N–H and O–H groups in total. The molecule has 0 spiro atoms. The van der Waals surface area contributed by atoms with E-state index in [4.69, 9.17) is 0 Å². The third kappa shape index (κ3) is 2.64. The minimum atomic E-state index is -0.210. The maximum Gasteiger partial charge on any atom is 0.124 e. The Morgan fingerprint density at radius 2 is 1.86 bits per heavy atom. The highest BCUT2D eigenvalue weighted by atomic mass is 32.1. The fourth-order valence-electron chi connectivity index (χ4n) is 2.44. The zero-order chi connectivity index (χ0) is 15.0. The second kappa shape index (κ2) is 5.26. The van der Waals surface area contributed by atoms with Gasteiger partial charge >= 0.3 is 0 Å². The van der Waals surface area contributed by atoms with Gasteiger partial charge in [0.25, 0.3) is 0 Å². The van der Waals surface area contributed by atoms with Crippen molar-refractivity contribution in [2.75, 3.05) is 5.32 Å². The van der Waals surface area contributed by atoms with E-state index in [1.54, 1.807) is 29.5 Å². The Hall–Kier alpha value is -2.27. The SMILES string of the molecule is Cc1nc2ccc(NC(C)c3c(O)cccc3O)cc2s1. The first kappa shape index (κ1) is 13.7. The Kier molecular flexibility index (Phi) is 3.43. The van der Waals surface area contributed by atoms with Crippen molar-refractivity contribution < 1.29 is 10.2 Å². The van der Waals surface area contributed by atoms with Crippen molar-refractivity contribution in [2.24, 2.45) is 0 Å². The van der Waals surface area contributed by atoms with Crippen LogP contribution in [0.5, 0.6) is 11.5 Å². The van der Waals surface area contributed by atoms with Crippen LogP contribution in [0.2, 0.25) is 0 Å². The molecule has 0 aliphatic carbocycles. The van der Waals surface area contributed by atoms with E-state index in [0.29, 0.717) is 5.56 Å². The summed E-state index contributed by atoms with van der Waals surface area (Å²) in [6, 6.07) is 10.5. The van der Waals surface area contributed by atoms with E-state index in [2.05, 4.69) is 10.3 Å². The van der Waals surface area contributed by atoms with E-state index < -0.39 is 0 Å². The number of aromatic nitrogens is 1. The van der Waals surface area contributed by atoms with Gasteiger partial charge in [-0.15, -0.1) is 11.3 Å². The number of fused-ring (bicyclic) bond motifs is 1. The van der Waals surface area contributed by atoms with Gasteiger partial charge in [0.15, 0.2) is 0 Å². The second-order valence-corrected chi connectivity index (χ2v) is 6.23. The van der Waals surface area contributed by atoms with Gasteiger partial charge in [0, 0.05) is 5.69 Å². The first-order valence-electron chi connectivity index (χ1n) is 6.69. The molecule has 108 valence electrons. The molecule has 0 aliphatic heterocycles. The highest BCUT2D eigenvalue weighted by molar-refractivity contribution is 7.18. The molecule has 1 heterocycles. The maximum atomic E-state index is 9.91. The van der Waals surface area contributed by atoms with Gasteiger partial charge in [0.05, 0.1) is 26.8 Å². The molecule has 0 bridgehead atoms. The number of aryl methyl sites for hydroxylation is 1. The van der Waals surface area contributed by atoms with Gasteiger partial charge in [-0.1, -0.05) is 6.07 Å². The van der Waals surface area contributed by atoms with Crippen LogP contribution < -0.4 is 5.32 Å². The lowest BCUT2D eigenvalue weighted by Crippen LogP contribution is -2.07. The van der Waals surface area contributed by atoms with Crippen molar-refractivity contribution >= 4 is 27.2 Å². The Balaban J connectivity index is 1.90. The second-order valence-electron chi connectivity index (χ2n) is 4.99. The van der Waals surface area contributed by atoms with Crippen molar-refractivity contribution in [3.05, 3.63) is 47.0 Å². The van der Waals surface area contributed by atoms with Crippen LogP contribution in [0.4, 0.5) is 5.69 Å². The lowest BCUT2D eigenvalue weighted by atomic mass is 10.1. The van der Waals surface area contributed by atoms with Crippen LogP contribution in [0.15, 0.2) is 36.4 Å². The van der Waals surface area contributed by atoms with Crippen LogP contribution in [0, 0.1) is 6.92 Å². The number of phenolic OH excluding ortho intramolecular Hbond substituents is 2. The number of hydrogen-bond acceptors (Lipinski definition) is 5. The number of aromatic hydroxyl groups is 2. The summed E-state index contributed by atoms with van der Waals surface area (Å²) in [6.45, 7) is 3.89. The van der Waals surface area contributed by atoms with Crippen LogP contribution in [0.1, 0.15) is 23.5 Å². The number of rotatable bonds is 3. The van der Waals surface area contributed by atoms with E-state index in [1.165, 1.54) is 0 Å². The standard InChI is InChI=1S/C16H16N2O2S/c1-9(16-13(19)4-3-5-14(16)20)17-11-6-7-12-15(8-11)21-10(2)18-12/h3-9,17,19-20H,1-2H3. The first-order valence-corrected chi connectivity index (χ1v) is 7.51. The van der Waals surface area contributed by atoms with Crippen molar-refractivity contribution in [1.29, 1.82) is 0 Å². The van der Waals surface area contributed by atoms with Gasteiger partial charge in [-0.3, -0.25) is 0 Å². The molecule has 0 fully saturated rings. The van der Waals surface area contributed by atoms with Crippen LogP contribution >= 0.6 is 11.3 Å². The lowest BCUT2D eigenvalue weighted by molar-refractivity contribution is 0.434. The Morgan fingerprint density at radius 1 is 1.14 bits per heavy atom. The summed E-state index contributed by atoms with van der Waals surface area (Å²) in [6.07, 6.45) is 0. The van der Waals surface area contributed by atoms with Crippen LogP contribution in [0.3, 0.4) is 0 Å². The molecule has 3 rings (SSSR count). The molecule has 21 heavy (non-hydrogen) atoms. The van der Waals surface area contributed by atoms with E-state index in [1.807, 2.05) is 32.0 Å². The van der Waals surface area contributed by atoms with Gasteiger partial charge in [-0.25, -0.2) is 4.98 Å². The molecule has 1 unspecified atom stereocenters. The summed E-state index contributed by atoms with van der Waals surface area (Å²) < 4.78 is 1.12. The number of anilines is 1. The number of phenols is 2. The van der Waals surface area contributed by atoms with E-state index >= 15 is 0 Å². The van der Waals surface area contributed by atoms with Crippen molar-refractivity contribution in [1.82, 2.24) is 4.98 Å². The third-order valence-electron chi connectivity index (χ3n) is 3.37. The summed E-state index contributed by atoms with van der Waals surface area (Å²) >= 11 is 1.65. The maximum absolute atomic E-state index is 9.91. The van der Waals surface area contributed by atoms with Crippen LogP contribution in [0.25, 0.3) is 10.2 Å². The lowest BCUT2D eigenvalue weighted by Gasteiger charge is -2.18. The third-order valence-corrected chi connectivity index (χ3v) is 4.31. The Bertz CT molecular complexity index is 778.